The molecule has 0 amide bonds. The van der Waals surface area contributed by atoms with Crippen LogP contribution in [0.5, 0.6) is 0 Å². The second-order valence-corrected chi connectivity index (χ2v) is 3.68. The molecule has 1 atom stereocenters. The third-order valence-electron chi connectivity index (χ3n) is 1.76. The molecule has 0 bridgehead atoms. The lowest BCUT2D eigenvalue weighted by Gasteiger charge is -2.16. The van der Waals surface area contributed by atoms with Gasteiger partial charge in [-0.25, -0.2) is 0 Å². The van der Waals surface area contributed by atoms with Crippen LogP contribution in [-0.4, -0.2) is 46.4 Å². The summed E-state index contributed by atoms with van der Waals surface area (Å²) in [7, 11) is 1.57. The second-order valence-electron chi connectivity index (χ2n) is 3.01. The van der Waals surface area contributed by atoms with E-state index >= 15 is 0 Å². The van der Waals surface area contributed by atoms with Gasteiger partial charge in [-0.1, -0.05) is 0 Å². The van der Waals surface area contributed by atoms with Gasteiger partial charge in [0.2, 0.25) is 16.5 Å². The van der Waals surface area contributed by atoms with Crippen molar-refractivity contribution in [1.82, 2.24) is 15.0 Å². The Hall–Kier alpha value is -0.690. The number of anilines is 1. The number of hydrogen-bond acceptors (Lipinski definition) is 6. The Bertz CT molecular complexity index is 314. The van der Waals surface area contributed by atoms with Crippen LogP contribution in [0.3, 0.4) is 0 Å². The molecule has 0 aliphatic rings. The Kier molecular flexibility index (Phi) is 5.68. The Morgan fingerprint density at radius 1 is 1.31 bits per heavy atom. The molecule has 0 aliphatic heterocycles. The molecule has 0 fully saturated rings. The summed E-state index contributed by atoms with van der Waals surface area (Å²) in [4.78, 5) is 11.3. The largest absolute Gasteiger partial charge is 0.396 e. The third kappa shape index (κ3) is 4.44. The molecule has 1 rings (SSSR count). The fourth-order valence-corrected chi connectivity index (χ4v) is 1.49. The summed E-state index contributed by atoms with van der Waals surface area (Å²) in [5.41, 5.74) is 0. The van der Waals surface area contributed by atoms with E-state index in [0.29, 0.717) is 13.0 Å². The van der Waals surface area contributed by atoms with E-state index in [9.17, 15) is 0 Å². The maximum absolute atomic E-state index is 8.85. The molecule has 0 aliphatic carbocycles. The summed E-state index contributed by atoms with van der Waals surface area (Å²) in [6.45, 7) is 0.453. The van der Waals surface area contributed by atoms with Crippen LogP contribution in [0.1, 0.15) is 6.42 Å². The highest BCUT2D eigenvalue weighted by molar-refractivity contribution is 6.31. The van der Waals surface area contributed by atoms with Gasteiger partial charge in [0, 0.05) is 13.7 Å². The molecule has 90 valence electrons. The first-order valence-electron chi connectivity index (χ1n) is 4.59. The van der Waals surface area contributed by atoms with Gasteiger partial charge in [0.05, 0.1) is 12.6 Å². The van der Waals surface area contributed by atoms with Crippen molar-refractivity contribution in [3.05, 3.63) is 10.6 Å². The molecule has 1 aromatic heterocycles. The zero-order chi connectivity index (χ0) is 12.0. The number of methoxy groups -OCH3 is 1. The lowest BCUT2D eigenvalue weighted by Crippen LogP contribution is -2.27. The fourth-order valence-electron chi connectivity index (χ4n) is 1.13. The van der Waals surface area contributed by atoms with E-state index in [1.807, 2.05) is 0 Å². The number of ether oxygens (including phenoxy) is 1. The van der Waals surface area contributed by atoms with E-state index in [1.165, 1.54) is 0 Å². The van der Waals surface area contributed by atoms with Gasteiger partial charge in [-0.15, -0.1) is 0 Å². The zero-order valence-corrected chi connectivity index (χ0v) is 10.2. The van der Waals surface area contributed by atoms with Crippen LogP contribution in [0, 0.1) is 0 Å². The van der Waals surface area contributed by atoms with E-state index in [2.05, 4.69) is 20.3 Å². The standard InChI is InChI=1S/C8H12Cl2N4O2/c1-16-4-5(2-3-15)11-8-13-6(9)12-7(10)14-8/h5,15H,2-4H2,1H3,(H,11,12,13,14). The van der Waals surface area contributed by atoms with Gasteiger partial charge in [-0.2, -0.15) is 15.0 Å². The van der Waals surface area contributed by atoms with Gasteiger partial charge in [0.1, 0.15) is 0 Å². The van der Waals surface area contributed by atoms with Crippen LogP contribution in [0.2, 0.25) is 10.6 Å². The van der Waals surface area contributed by atoms with Crippen LogP contribution in [-0.2, 0) is 4.74 Å². The molecule has 2 N–H and O–H groups in total. The number of nitrogens with zero attached hydrogens (tertiary/aromatic N) is 3. The van der Waals surface area contributed by atoms with Crippen molar-refractivity contribution >= 4 is 29.2 Å². The molecule has 16 heavy (non-hydrogen) atoms. The molecule has 0 saturated heterocycles. The van der Waals surface area contributed by atoms with Crippen LogP contribution in [0.4, 0.5) is 5.95 Å². The topological polar surface area (TPSA) is 80.2 Å². The smallest absolute Gasteiger partial charge is 0.228 e. The van der Waals surface area contributed by atoms with Gasteiger partial charge >= 0.3 is 0 Å². The van der Waals surface area contributed by atoms with Crippen LogP contribution in [0.15, 0.2) is 0 Å². The highest BCUT2D eigenvalue weighted by Crippen LogP contribution is 2.11. The van der Waals surface area contributed by atoms with Gasteiger partial charge in [0.25, 0.3) is 0 Å². The van der Waals surface area contributed by atoms with Crippen molar-refractivity contribution in [2.75, 3.05) is 25.6 Å². The summed E-state index contributed by atoms with van der Waals surface area (Å²) >= 11 is 11.2. The number of hydrogen-bond donors (Lipinski definition) is 2. The van der Waals surface area contributed by atoms with E-state index in [4.69, 9.17) is 33.0 Å². The fraction of sp³-hybridized carbons (Fsp3) is 0.625. The van der Waals surface area contributed by atoms with E-state index < -0.39 is 0 Å². The number of aromatic nitrogens is 3. The third-order valence-corrected chi connectivity index (χ3v) is 2.10. The summed E-state index contributed by atoms with van der Waals surface area (Å²) in [6.07, 6.45) is 0.509. The highest BCUT2D eigenvalue weighted by atomic mass is 35.5. The average Bonchev–Trinajstić information content (AvgIpc) is 2.16. The van der Waals surface area contributed by atoms with Crippen molar-refractivity contribution in [1.29, 1.82) is 0 Å². The first-order chi connectivity index (χ1) is 7.65. The van der Waals surface area contributed by atoms with E-state index in [0.717, 1.165) is 0 Å². The maximum atomic E-state index is 8.85. The Morgan fingerprint density at radius 3 is 2.44 bits per heavy atom. The molecule has 8 heteroatoms. The minimum atomic E-state index is -0.107. The molecule has 1 heterocycles. The van der Waals surface area contributed by atoms with Gasteiger partial charge in [-0.3, -0.25) is 0 Å². The second kappa shape index (κ2) is 6.80. The van der Waals surface area contributed by atoms with Crippen molar-refractivity contribution in [3.8, 4) is 0 Å². The summed E-state index contributed by atoms with van der Waals surface area (Å²) in [5.74, 6) is 0.264. The monoisotopic (exact) mass is 266 g/mol. The molecule has 0 spiro atoms. The van der Waals surface area contributed by atoms with Gasteiger partial charge in [0.15, 0.2) is 0 Å². The maximum Gasteiger partial charge on any atom is 0.228 e. The normalized spacial score (nSPS) is 12.5. The summed E-state index contributed by atoms with van der Waals surface area (Å²) in [6, 6.07) is -0.107. The number of rotatable bonds is 6. The number of aliphatic hydroxyl groups excluding tert-OH is 1. The molecule has 0 radical (unpaired) electrons. The van der Waals surface area contributed by atoms with Crippen LogP contribution < -0.4 is 5.32 Å². The van der Waals surface area contributed by atoms with Crippen LogP contribution in [0.25, 0.3) is 0 Å². The van der Waals surface area contributed by atoms with Crippen molar-refractivity contribution in [2.24, 2.45) is 0 Å². The predicted octanol–water partition coefficient (Wildman–Crippen LogP) is 0.988. The highest BCUT2D eigenvalue weighted by Gasteiger charge is 2.10. The minimum absolute atomic E-state index is 0.0164. The first kappa shape index (κ1) is 13.4. The molecular weight excluding hydrogens is 255 g/mol. The van der Waals surface area contributed by atoms with Gasteiger partial charge in [-0.05, 0) is 29.6 Å². The molecule has 0 saturated carbocycles. The average molecular weight is 267 g/mol. The van der Waals surface area contributed by atoms with E-state index in [1.54, 1.807) is 7.11 Å². The Morgan fingerprint density at radius 2 is 1.94 bits per heavy atom. The number of nitrogens with one attached hydrogen (secondary N) is 1. The molecule has 6 nitrogen and oxygen atoms in total. The predicted molar refractivity (Wildman–Crippen MR) is 60.8 cm³/mol. The summed E-state index contributed by atoms with van der Waals surface area (Å²) in [5, 5.41) is 11.8. The molecule has 1 aromatic rings. The first-order valence-corrected chi connectivity index (χ1v) is 5.34. The quantitative estimate of drug-likeness (QED) is 0.800. The van der Waals surface area contributed by atoms with Crippen molar-refractivity contribution in [3.63, 3.8) is 0 Å². The van der Waals surface area contributed by atoms with Crippen molar-refractivity contribution in [2.45, 2.75) is 12.5 Å². The minimum Gasteiger partial charge on any atom is -0.396 e. The Labute approximate surface area is 103 Å². The molecular formula is C8H12Cl2N4O2. The molecule has 1 unspecified atom stereocenters. The lowest BCUT2D eigenvalue weighted by molar-refractivity contribution is 0.170. The number of halogens is 2. The van der Waals surface area contributed by atoms with Gasteiger partial charge < -0.3 is 15.2 Å². The SMILES string of the molecule is COCC(CCO)Nc1nc(Cl)nc(Cl)n1. The summed E-state index contributed by atoms with van der Waals surface area (Å²) < 4.78 is 4.98. The van der Waals surface area contributed by atoms with Crippen LogP contribution >= 0.6 is 23.2 Å². The Balaban J connectivity index is 2.68. The lowest BCUT2D eigenvalue weighted by atomic mass is 10.2. The van der Waals surface area contributed by atoms with E-state index in [-0.39, 0.29) is 29.2 Å². The molecule has 0 aromatic carbocycles. The zero-order valence-electron chi connectivity index (χ0n) is 8.65. The number of aliphatic hydroxyl groups is 1. The van der Waals surface area contributed by atoms with Crippen molar-refractivity contribution < 1.29 is 9.84 Å².